The van der Waals surface area contributed by atoms with Gasteiger partial charge in [-0.15, -0.1) is 0 Å². The zero-order chi connectivity index (χ0) is 17.8. The minimum atomic E-state index is 0.0600. The monoisotopic (exact) mass is 353 g/mol. The van der Waals surface area contributed by atoms with Crippen molar-refractivity contribution in [2.45, 2.75) is 51.2 Å². The molecule has 0 spiro atoms. The molecule has 3 heterocycles. The van der Waals surface area contributed by atoms with E-state index in [9.17, 15) is 4.79 Å². The lowest BCUT2D eigenvalue weighted by atomic mass is 10.0. The molecular formula is C20H27N5O. The van der Waals surface area contributed by atoms with Crippen LogP contribution in [0.5, 0.6) is 0 Å². The second-order valence-corrected chi connectivity index (χ2v) is 7.57. The average molecular weight is 353 g/mol. The Bertz CT molecular complexity index is 723. The summed E-state index contributed by atoms with van der Waals surface area (Å²) in [5, 5.41) is 7.47. The predicted octanol–water partition coefficient (Wildman–Crippen LogP) is 2.53. The summed E-state index contributed by atoms with van der Waals surface area (Å²) in [6.45, 7) is 3.48. The maximum absolute atomic E-state index is 12.5. The fourth-order valence-electron chi connectivity index (χ4n) is 4.29. The van der Waals surface area contributed by atoms with Crippen LogP contribution in [0.3, 0.4) is 0 Å². The standard InChI is InChI=1S/C20H27N5O/c26-20(22-12-17-7-3-4-9-21-17)11-19-15-24(13-16-5-1-2-6-16)14-18-8-10-23-25(18)19/h3-4,7-10,16,19H,1-2,5-6,11-15H2,(H,22,26)/t19-/m1/s1. The number of pyridine rings is 1. The summed E-state index contributed by atoms with van der Waals surface area (Å²) in [6.07, 6.45) is 9.51. The number of fused-ring (bicyclic) bond motifs is 1. The molecule has 1 amide bonds. The first-order valence-corrected chi connectivity index (χ1v) is 9.69. The molecule has 0 radical (unpaired) electrons. The summed E-state index contributed by atoms with van der Waals surface area (Å²) in [6, 6.07) is 7.94. The molecule has 1 atom stereocenters. The molecule has 0 unspecified atom stereocenters. The molecule has 4 rings (SSSR count). The van der Waals surface area contributed by atoms with Gasteiger partial charge in [-0.3, -0.25) is 19.4 Å². The molecule has 0 aromatic carbocycles. The first-order chi connectivity index (χ1) is 12.8. The fraction of sp³-hybridized carbons (Fsp3) is 0.550. The molecule has 0 bridgehead atoms. The first-order valence-electron chi connectivity index (χ1n) is 9.69. The van der Waals surface area contributed by atoms with Gasteiger partial charge in [-0.2, -0.15) is 5.10 Å². The van der Waals surface area contributed by atoms with E-state index in [0.29, 0.717) is 13.0 Å². The molecule has 1 aliphatic heterocycles. The van der Waals surface area contributed by atoms with E-state index in [1.807, 2.05) is 29.1 Å². The van der Waals surface area contributed by atoms with Crippen molar-refractivity contribution in [2.75, 3.05) is 13.1 Å². The van der Waals surface area contributed by atoms with Gasteiger partial charge >= 0.3 is 0 Å². The van der Waals surface area contributed by atoms with Crippen LogP contribution in [0.2, 0.25) is 0 Å². The number of nitrogens with zero attached hydrogens (tertiary/aromatic N) is 4. The van der Waals surface area contributed by atoms with Gasteiger partial charge in [-0.1, -0.05) is 18.9 Å². The molecule has 1 aliphatic carbocycles. The van der Waals surface area contributed by atoms with Gasteiger partial charge in [0.25, 0.3) is 0 Å². The van der Waals surface area contributed by atoms with Crippen molar-refractivity contribution >= 4 is 5.91 Å². The van der Waals surface area contributed by atoms with Crippen LogP contribution in [0, 0.1) is 5.92 Å². The molecule has 1 N–H and O–H groups in total. The second-order valence-electron chi connectivity index (χ2n) is 7.57. The largest absolute Gasteiger partial charge is 0.350 e. The van der Waals surface area contributed by atoms with Crippen molar-refractivity contribution in [1.29, 1.82) is 0 Å². The zero-order valence-corrected chi connectivity index (χ0v) is 15.2. The van der Waals surface area contributed by atoms with Gasteiger partial charge in [0.05, 0.1) is 30.4 Å². The minimum Gasteiger partial charge on any atom is -0.350 e. The number of amides is 1. The van der Waals surface area contributed by atoms with Crippen molar-refractivity contribution in [3.8, 4) is 0 Å². The lowest BCUT2D eigenvalue weighted by Crippen LogP contribution is -2.41. The highest BCUT2D eigenvalue weighted by Gasteiger charge is 2.29. The molecule has 2 aromatic heterocycles. The molecule has 2 aliphatic rings. The van der Waals surface area contributed by atoms with Crippen molar-refractivity contribution < 1.29 is 4.79 Å². The van der Waals surface area contributed by atoms with E-state index < -0.39 is 0 Å². The third kappa shape index (κ3) is 4.12. The summed E-state index contributed by atoms with van der Waals surface area (Å²) in [7, 11) is 0. The second kappa shape index (κ2) is 7.99. The van der Waals surface area contributed by atoms with E-state index in [4.69, 9.17) is 0 Å². The number of aromatic nitrogens is 3. The van der Waals surface area contributed by atoms with Crippen molar-refractivity contribution in [2.24, 2.45) is 5.92 Å². The van der Waals surface area contributed by atoms with Gasteiger partial charge in [0.15, 0.2) is 0 Å². The number of carbonyl (C=O) groups excluding carboxylic acids is 1. The third-order valence-corrected chi connectivity index (χ3v) is 5.56. The third-order valence-electron chi connectivity index (χ3n) is 5.56. The summed E-state index contributed by atoms with van der Waals surface area (Å²) in [4.78, 5) is 19.2. The molecule has 138 valence electrons. The molecule has 26 heavy (non-hydrogen) atoms. The lowest BCUT2D eigenvalue weighted by Gasteiger charge is -2.35. The SMILES string of the molecule is O=C(C[C@@H]1CN(CC2CCCC2)Cc2ccnn21)NCc1ccccn1. The maximum atomic E-state index is 12.5. The van der Waals surface area contributed by atoms with E-state index in [0.717, 1.165) is 31.2 Å². The van der Waals surface area contributed by atoms with Crippen LogP contribution < -0.4 is 5.32 Å². The summed E-state index contributed by atoms with van der Waals surface area (Å²) in [5.41, 5.74) is 2.10. The van der Waals surface area contributed by atoms with E-state index in [1.165, 1.54) is 31.4 Å². The fourth-order valence-corrected chi connectivity index (χ4v) is 4.29. The molecule has 6 nitrogen and oxygen atoms in total. The number of rotatable bonds is 6. The smallest absolute Gasteiger partial charge is 0.222 e. The van der Waals surface area contributed by atoms with E-state index >= 15 is 0 Å². The maximum Gasteiger partial charge on any atom is 0.222 e. The van der Waals surface area contributed by atoms with Gasteiger partial charge in [-0.25, -0.2) is 0 Å². The average Bonchev–Trinajstić information content (AvgIpc) is 3.33. The van der Waals surface area contributed by atoms with Crippen molar-refractivity contribution in [3.63, 3.8) is 0 Å². The summed E-state index contributed by atoms with van der Waals surface area (Å²) in [5.74, 6) is 0.882. The van der Waals surface area contributed by atoms with Gasteiger partial charge < -0.3 is 5.32 Å². The Balaban J connectivity index is 1.36. The summed E-state index contributed by atoms with van der Waals surface area (Å²) < 4.78 is 2.05. The molecular weight excluding hydrogens is 326 g/mol. The normalized spacial score (nSPS) is 20.8. The topological polar surface area (TPSA) is 63.1 Å². The Labute approximate surface area is 154 Å². The van der Waals surface area contributed by atoms with Crippen LogP contribution in [0.1, 0.15) is 49.5 Å². The molecule has 2 aromatic rings. The Morgan fingerprint density at radius 1 is 1.19 bits per heavy atom. The predicted molar refractivity (Wildman–Crippen MR) is 99.2 cm³/mol. The van der Waals surface area contributed by atoms with Gasteiger partial charge in [0, 0.05) is 32.0 Å². The number of hydrogen-bond acceptors (Lipinski definition) is 4. The van der Waals surface area contributed by atoms with E-state index in [1.54, 1.807) is 6.20 Å². The van der Waals surface area contributed by atoms with Gasteiger partial charge in [-0.05, 0) is 37.0 Å². The Kier molecular flexibility index (Phi) is 5.29. The highest BCUT2D eigenvalue weighted by Crippen LogP contribution is 2.29. The zero-order valence-electron chi connectivity index (χ0n) is 15.2. The van der Waals surface area contributed by atoms with Crippen molar-refractivity contribution in [3.05, 3.63) is 48.0 Å². The Hall–Kier alpha value is -2.21. The Morgan fingerprint density at radius 2 is 2.08 bits per heavy atom. The van der Waals surface area contributed by atoms with E-state index in [2.05, 4.69) is 26.4 Å². The molecule has 6 heteroatoms. The first kappa shape index (κ1) is 17.2. The number of hydrogen-bond donors (Lipinski definition) is 1. The Morgan fingerprint density at radius 3 is 2.88 bits per heavy atom. The van der Waals surface area contributed by atoms with Gasteiger partial charge in [0.2, 0.25) is 5.91 Å². The van der Waals surface area contributed by atoms with Crippen LogP contribution in [-0.2, 0) is 17.9 Å². The highest BCUT2D eigenvalue weighted by molar-refractivity contribution is 5.76. The van der Waals surface area contributed by atoms with Crippen LogP contribution >= 0.6 is 0 Å². The highest BCUT2D eigenvalue weighted by atomic mass is 16.1. The number of nitrogens with one attached hydrogen (secondary N) is 1. The quantitative estimate of drug-likeness (QED) is 0.867. The van der Waals surface area contributed by atoms with Crippen LogP contribution in [0.15, 0.2) is 36.7 Å². The molecule has 1 saturated carbocycles. The van der Waals surface area contributed by atoms with Crippen LogP contribution in [0.25, 0.3) is 0 Å². The van der Waals surface area contributed by atoms with E-state index in [-0.39, 0.29) is 11.9 Å². The van der Waals surface area contributed by atoms with Crippen LogP contribution in [0.4, 0.5) is 0 Å². The number of carbonyl (C=O) groups is 1. The van der Waals surface area contributed by atoms with Crippen molar-refractivity contribution in [1.82, 2.24) is 25.0 Å². The van der Waals surface area contributed by atoms with Gasteiger partial charge in [0.1, 0.15) is 0 Å². The minimum absolute atomic E-state index is 0.0600. The van der Waals surface area contributed by atoms with Crippen LogP contribution in [-0.4, -0.2) is 38.7 Å². The molecule has 0 saturated heterocycles. The summed E-state index contributed by atoms with van der Waals surface area (Å²) >= 11 is 0. The lowest BCUT2D eigenvalue weighted by molar-refractivity contribution is -0.122. The molecule has 1 fully saturated rings.